The summed E-state index contributed by atoms with van der Waals surface area (Å²) in [5, 5.41) is 0. The van der Waals surface area contributed by atoms with Crippen molar-refractivity contribution in [3.63, 3.8) is 0 Å². The van der Waals surface area contributed by atoms with Gasteiger partial charge in [-0.3, -0.25) is 0 Å². The van der Waals surface area contributed by atoms with Crippen LogP contribution in [0.4, 0.5) is 0 Å². The third-order valence-corrected chi connectivity index (χ3v) is 2.19. The van der Waals surface area contributed by atoms with Crippen LogP contribution in [0.2, 0.25) is 0 Å². The molecule has 0 unspecified atom stereocenters. The first-order valence-electron chi connectivity index (χ1n) is 5.94. The average molecular weight is 213 g/mol. The van der Waals surface area contributed by atoms with E-state index < -0.39 is 0 Å². The average Bonchev–Trinajstić information content (AvgIpc) is 2.15. The Hall–Kier alpha value is -0.600. The molecule has 0 aromatic rings. The molecule has 90 valence electrons. The van der Waals surface area contributed by atoms with E-state index in [2.05, 4.69) is 46.0 Å². The first kappa shape index (κ1) is 16.8. The summed E-state index contributed by atoms with van der Waals surface area (Å²) in [6, 6.07) is 0. The molecule has 0 rings (SSSR count). The van der Waals surface area contributed by atoms with E-state index in [1.165, 1.54) is 31.5 Å². The van der Waals surface area contributed by atoms with Crippen LogP contribution in [0.15, 0.2) is 23.9 Å². The fourth-order valence-electron chi connectivity index (χ4n) is 1.59. The normalized spacial score (nSPS) is 12.2. The molecule has 0 aromatic carbocycles. The van der Waals surface area contributed by atoms with Crippen molar-refractivity contribution in [1.29, 1.82) is 0 Å². The lowest BCUT2D eigenvalue weighted by Crippen LogP contribution is -3.07. The molecule has 0 saturated heterocycles. The van der Waals surface area contributed by atoms with E-state index in [1.54, 1.807) is 4.90 Å². The van der Waals surface area contributed by atoms with E-state index in [4.69, 9.17) is 0 Å². The molecular formula is C13H27NO. The van der Waals surface area contributed by atoms with Gasteiger partial charge < -0.3 is 10.4 Å². The maximum Gasteiger partial charge on any atom is 0.0971 e. The maximum atomic E-state index is 2.36. The van der Waals surface area contributed by atoms with Crippen LogP contribution >= 0.6 is 0 Å². The molecule has 0 saturated carbocycles. The van der Waals surface area contributed by atoms with E-state index in [0.29, 0.717) is 0 Å². The minimum Gasteiger partial charge on any atom is -0.870 e. The summed E-state index contributed by atoms with van der Waals surface area (Å²) in [6.45, 7) is 11.4. The summed E-state index contributed by atoms with van der Waals surface area (Å²) < 4.78 is 0. The molecule has 0 atom stereocenters. The largest absolute Gasteiger partial charge is 0.870 e. The SMILES string of the molecule is CCC=CC(C)=C[NH+](CCC)CCC.[OH-]. The Morgan fingerprint density at radius 3 is 2.00 bits per heavy atom. The third-order valence-electron chi connectivity index (χ3n) is 2.19. The van der Waals surface area contributed by atoms with Gasteiger partial charge in [-0.25, -0.2) is 0 Å². The molecule has 0 aromatic heterocycles. The lowest BCUT2D eigenvalue weighted by atomic mass is 10.2. The van der Waals surface area contributed by atoms with Crippen LogP contribution in [-0.4, -0.2) is 18.6 Å². The number of hydrogen-bond donors (Lipinski definition) is 1. The van der Waals surface area contributed by atoms with Crippen LogP contribution < -0.4 is 4.90 Å². The van der Waals surface area contributed by atoms with Gasteiger partial charge in [-0.1, -0.05) is 32.9 Å². The fraction of sp³-hybridized carbons (Fsp3) is 0.692. The van der Waals surface area contributed by atoms with Crippen molar-refractivity contribution in [2.45, 2.75) is 47.0 Å². The zero-order valence-corrected chi connectivity index (χ0v) is 10.7. The Balaban J connectivity index is 0. The van der Waals surface area contributed by atoms with Gasteiger partial charge in [0.15, 0.2) is 0 Å². The van der Waals surface area contributed by atoms with Gasteiger partial charge in [0, 0.05) is 5.57 Å². The molecule has 0 spiro atoms. The lowest BCUT2D eigenvalue weighted by molar-refractivity contribution is -0.847. The Morgan fingerprint density at radius 1 is 1.07 bits per heavy atom. The molecule has 0 radical (unpaired) electrons. The first-order valence-corrected chi connectivity index (χ1v) is 5.94. The van der Waals surface area contributed by atoms with Crippen LogP contribution in [0.3, 0.4) is 0 Å². The van der Waals surface area contributed by atoms with Gasteiger partial charge in [-0.15, -0.1) is 0 Å². The quantitative estimate of drug-likeness (QED) is 0.647. The van der Waals surface area contributed by atoms with Gasteiger partial charge in [0.2, 0.25) is 0 Å². The minimum atomic E-state index is 0. The van der Waals surface area contributed by atoms with Crippen molar-refractivity contribution < 1.29 is 10.4 Å². The molecule has 0 fully saturated rings. The lowest BCUT2D eigenvalue weighted by Gasteiger charge is -2.13. The Labute approximate surface area is 95.0 Å². The van der Waals surface area contributed by atoms with Crippen LogP contribution in [-0.2, 0) is 0 Å². The van der Waals surface area contributed by atoms with Crippen molar-refractivity contribution in [1.82, 2.24) is 0 Å². The van der Waals surface area contributed by atoms with Crippen molar-refractivity contribution in [2.24, 2.45) is 0 Å². The van der Waals surface area contributed by atoms with Crippen molar-refractivity contribution in [3.05, 3.63) is 23.9 Å². The van der Waals surface area contributed by atoms with Crippen LogP contribution in [0.1, 0.15) is 47.0 Å². The summed E-state index contributed by atoms with van der Waals surface area (Å²) in [6.07, 6.45) is 10.5. The second-order valence-corrected chi connectivity index (χ2v) is 3.86. The summed E-state index contributed by atoms with van der Waals surface area (Å²) in [4.78, 5) is 1.60. The standard InChI is InChI=1S/C13H25N.H2O/c1-5-8-9-13(4)12-14(10-6-2)11-7-3;/h8-9,12H,5-7,10-11H2,1-4H3;1H2. The summed E-state index contributed by atoms with van der Waals surface area (Å²) in [5.41, 5.74) is 1.39. The predicted octanol–water partition coefficient (Wildman–Crippen LogP) is 2.38. The van der Waals surface area contributed by atoms with Crippen molar-refractivity contribution in [3.8, 4) is 0 Å². The maximum absolute atomic E-state index is 2.36. The molecule has 2 heteroatoms. The third kappa shape index (κ3) is 9.70. The van der Waals surface area contributed by atoms with Crippen LogP contribution in [0, 0.1) is 0 Å². The first-order chi connectivity index (χ1) is 6.74. The highest BCUT2D eigenvalue weighted by molar-refractivity contribution is 5.12. The molecule has 0 aliphatic heterocycles. The highest BCUT2D eigenvalue weighted by Crippen LogP contribution is 1.92. The van der Waals surface area contributed by atoms with E-state index in [0.717, 1.165) is 6.42 Å². The Bertz CT molecular complexity index is 179. The zero-order valence-electron chi connectivity index (χ0n) is 10.7. The molecule has 0 bridgehead atoms. The molecular weight excluding hydrogens is 186 g/mol. The van der Waals surface area contributed by atoms with Gasteiger partial charge in [-0.2, -0.15) is 0 Å². The molecule has 0 heterocycles. The van der Waals surface area contributed by atoms with Gasteiger partial charge in [0.1, 0.15) is 0 Å². The number of hydrogen-bond acceptors (Lipinski definition) is 1. The van der Waals surface area contributed by atoms with E-state index >= 15 is 0 Å². The fourth-order valence-corrected chi connectivity index (χ4v) is 1.59. The van der Waals surface area contributed by atoms with Gasteiger partial charge in [0.05, 0.1) is 19.3 Å². The van der Waals surface area contributed by atoms with Crippen LogP contribution in [0.5, 0.6) is 0 Å². The molecule has 0 aliphatic carbocycles. The van der Waals surface area contributed by atoms with Gasteiger partial charge in [-0.05, 0) is 26.2 Å². The second kappa shape index (κ2) is 11.5. The zero-order chi connectivity index (χ0) is 10.8. The number of allylic oxidation sites excluding steroid dienone is 3. The van der Waals surface area contributed by atoms with Crippen LogP contribution in [0.25, 0.3) is 0 Å². The van der Waals surface area contributed by atoms with Gasteiger partial charge in [0.25, 0.3) is 0 Å². The number of nitrogens with one attached hydrogen (secondary N) is 1. The smallest absolute Gasteiger partial charge is 0.0971 e. The van der Waals surface area contributed by atoms with Crippen molar-refractivity contribution in [2.75, 3.05) is 13.1 Å². The van der Waals surface area contributed by atoms with E-state index in [-0.39, 0.29) is 5.48 Å². The molecule has 15 heavy (non-hydrogen) atoms. The Morgan fingerprint density at radius 2 is 1.60 bits per heavy atom. The van der Waals surface area contributed by atoms with Gasteiger partial charge >= 0.3 is 0 Å². The van der Waals surface area contributed by atoms with E-state index in [1.807, 2.05) is 0 Å². The monoisotopic (exact) mass is 213 g/mol. The highest BCUT2D eigenvalue weighted by atomic mass is 16.0. The Kier molecular flexibility index (Phi) is 12.9. The van der Waals surface area contributed by atoms with Crippen molar-refractivity contribution >= 4 is 0 Å². The number of rotatable bonds is 7. The molecule has 2 nitrogen and oxygen atoms in total. The summed E-state index contributed by atoms with van der Waals surface area (Å²) in [7, 11) is 0. The number of quaternary nitrogens is 1. The summed E-state index contributed by atoms with van der Waals surface area (Å²) >= 11 is 0. The second-order valence-electron chi connectivity index (χ2n) is 3.86. The molecule has 0 amide bonds. The topological polar surface area (TPSA) is 34.4 Å². The highest BCUT2D eigenvalue weighted by Gasteiger charge is 2.01. The van der Waals surface area contributed by atoms with E-state index in [9.17, 15) is 0 Å². The summed E-state index contributed by atoms with van der Waals surface area (Å²) in [5.74, 6) is 0. The predicted molar refractivity (Wildman–Crippen MR) is 66.4 cm³/mol. The molecule has 2 N–H and O–H groups in total. The minimum absolute atomic E-state index is 0. The molecule has 0 aliphatic rings.